The maximum absolute atomic E-state index is 5.68. The summed E-state index contributed by atoms with van der Waals surface area (Å²) < 4.78 is 5.57. The largest absolute Gasteiger partial charge is 0.496 e. The molecule has 98 valence electrons. The zero-order valence-electron chi connectivity index (χ0n) is 11.1. The molecule has 0 saturated carbocycles. The van der Waals surface area contributed by atoms with Crippen LogP contribution < -0.4 is 10.5 Å². The SMILES string of the molecule is COc1cccc2c1[C@H]1CN(CCN)C[C@@H]1CC2. The van der Waals surface area contributed by atoms with Gasteiger partial charge in [0.25, 0.3) is 0 Å². The molecule has 0 radical (unpaired) electrons. The molecule has 3 rings (SSSR count). The van der Waals surface area contributed by atoms with Crippen molar-refractivity contribution in [3.05, 3.63) is 29.3 Å². The fourth-order valence-corrected chi connectivity index (χ4v) is 3.69. The number of aryl methyl sites for hydroxylation is 1. The number of fused-ring (bicyclic) bond motifs is 3. The molecule has 1 aliphatic heterocycles. The molecule has 2 aliphatic rings. The Morgan fingerprint density at radius 1 is 1.39 bits per heavy atom. The Kier molecular flexibility index (Phi) is 3.27. The van der Waals surface area contributed by atoms with Gasteiger partial charge in [0.1, 0.15) is 5.75 Å². The van der Waals surface area contributed by atoms with E-state index < -0.39 is 0 Å². The molecule has 2 atom stereocenters. The summed E-state index contributed by atoms with van der Waals surface area (Å²) >= 11 is 0. The quantitative estimate of drug-likeness (QED) is 0.880. The molecule has 2 N–H and O–H groups in total. The molecule has 1 aliphatic carbocycles. The smallest absolute Gasteiger partial charge is 0.122 e. The Labute approximate surface area is 109 Å². The molecule has 0 unspecified atom stereocenters. The lowest BCUT2D eigenvalue weighted by molar-refractivity contribution is 0.330. The number of benzene rings is 1. The minimum absolute atomic E-state index is 0.649. The van der Waals surface area contributed by atoms with Crippen LogP contribution in [0.25, 0.3) is 0 Å². The maximum atomic E-state index is 5.68. The average molecular weight is 246 g/mol. The Morgan fingerprint density at radius 3 is 3.06 bits per heavy atom. The number of methoxy groups -OCH3 is 1. The van der Waals surface area contributed by atoms with E-state index in [0.29, 0.717) is 5.92 Å². The summed E-state index contributed by atoms with van der Waals surface area (Å²) in [6.07, 6.45) is 2.51. The van der Waals surface area contributed by atoms with Gasteiger partial charge in [-0.25, -0.2) is 0 Å². The van der Waals surface area contributed by atoms with Gasteiger partial charge in [0.2, 0.25) is 0 Å². The number of ether oxygens (including phenoxy) is 1. The van der Waals surface area contributed by atoms with E-state index >= 15 is 0 Å². The van der Waals surface area contributed by atoms with Crippen LogP contribution in [0.2, 0.25) is 0 Å². The van der Waals surface area contributed by atoms with E-state index in [1.54, 1.807) is 7.11 Å². The van der Waals surface area contributed by atoms with Crippen LogP contribution in [-0.4, -0.2) is 38.2 Å². The van der Waals surface area contributed by atoms with E-state index in [4.69, 9.17) is 10.5 Å². The minimum Gasteiger partial charge on any atom is -0.496 e. The van der Waals surface area contributed by atoms with Gasteiger partial charge < -0.3 is 15.4 Å². The van der Waals surface area contributed by atoms with E-state index in [0.717, 1.165) is 31.3 Å². The lowest BCUT2D eigenvalue weighted by Crippen LogP contribution is -2.27. The topological polar surface area (TPSA) is 38.5 Å². The predicted molar refractivity (Wildman–Crippen MR) is 73.0 cm³/mol. The zero-order chi connectivity index (χ0) is 12.5. The third-order valence-corrected chi connectivity index (χ3v) is 4.49. The molecule has 1 aromatic carbocycles. The third-order valence-electron chi connectivity index (χ3n) is 4.49. The second-order valence-corrected chi connectivity index (χ2v) is 5.49. The van der Waals surface area contributed by atoms with Crippen LogP contribution >= 0.6 is 0 Å². The van der Waals surface area contributed by atoms with Gasteiger partial charge in [-0.15, -0.1) is 0 Å². The van der Waals surface area contributed by atoms with Gasteiger partial charge in [0.15, 0.2) is 0 Å². The molecule has 1 heterocycles. The molecule has 0 spiro atoms. The standard InChI is InChI=1S/C15H22N2O/c1-18-14-4-2-3-11-5-6-12-9-17(8-7-16)10-13(12)15(11)14/h2-4,12-13H,5-10,16H2,1H3/t12-,13-/m0/s1. The van der Waals surface area contributed by atoms with Crippen molar-refractivity contribution in [2.75, 3.05) is 33.3 Å². The third kappa shape index (κ3) is 1.91. The number of nitrogens with two attached hydrogens (primary N) is 1. The second kappa shape index (κ2) is 4.90. The van der Waals surface area contributed by atoms with Gasteiger partial charge >= 0.3 is 0 Å². The van der Waals surface area contributed by atoms with Gasteiger partial charge in [-0.2, -0.15) is 0 Å². The van der Waals surface area contributed by atoms with Gasteiger partial charge in [0.05, 0.1) is 7.11 Å². The molecule has 3 nitrogen and oxygen atoms in total. The molecule has 0 amide bonds. The summed E-state index contributed by atoms with van der Waals surface area (Å²) in [5.41, 5.74) is 8.64. The lowest BCUT2D eigenvalue weighted by atomic mass is 9.76. The summed E-state index contributed by atoms with van der Waals surface area (Å²) in [5.74, 6) is 2.52. The normalized spacial score (nSPS) is 26.8. The molecule has 3 heteroatoms. The highest BCUT2D eigenvalue weighted by atomic mass is 16.5. The Hall–Kier alpha value is -1.06. The van der Waals surface area contributed by atoms with Crippen LogP contribution in [-0.2, 0) is 6.42 Å². The molecule has 0 aromatic heterocycles. The fraction of sp³-hybridized carbons (Fsp3) is 0.600. The van der Waals surface area contributed by atoms with Crippen molar-refractivity contribution in [3.8, 4) is 5.75 Å². The highest BCUT2D eigenvalue weighted by molar-refractivity contribution is 5.45. The monoisotopic (exact) mass is 246 g/mol. The van der Waals surface area contributed by atoms with Crippen molar-refractivity contribution < 1.29 is 4.74 Å². The van der Waals surface area contributed by atoms with Crippen molar-refractivity contribution in [1.29, 1.82) is 0 Å². The molecule has 1 fully saturated rings. The number of likely N-dealkylation sites (tertiary alicyclic amines) is 1. The Morgan fingerprint density at radius 2 is 2.28 bits per heavy atom. The van der Waals surface area contributed by atoms with Crippen LogP contribution in [0.5, 0.6) is 5.75 Å². The Bertz CT molecular complexity index is 418. The van der Waals surface area contributed by atoms with E-state index in [9.17, 15) is 0 Å². The highest BCUT2D eigenvalue weighted by Crippen LogP contribution is 2.45. The summed E-state index contributed by atoms with van der Waals surface area (Å²) in [6.45, 7) is 4.14. The van der Waals surface area contributed by atoms with E-state index in [-0.39, 0.29) is 0 Å². The fourth-order valence-electron chi connectivity index (χ4n) is 3.69. The first-order valence-electron chi connectivity index (χ1n) is 6.91. The van der Waals surface area contributed by atoms with Crippen molar-refractivity contribution in [1.82, 2.24) is 4.90 Å². The molecule has 18 heavy (non-hydrogen) atoms. The van der Waals surface area contributed by atoms with Gasteiger partial charge in [0, 0.05) is 37.7 Å². The van der Waals surface area contributed by atoms with Crippen LogP contribution in [0, 0.1) is 5.92 Å². The number of hydrogen-bond donors (Lipinski definition) is 1. The van der Waals surface area contributed by atoms with Crippen molar-refractivity contribution in [2.24, 2.45) is 11.7 Å². The van der Waals surface area contributed by atoms with Gasteiger partial charge in [-0.1, -0.05) is 12.1 Å². The first-order chi connectivity index (χ1) is 8.83. The van der Waals surface area contributed by atoms with Crippen molar-refractivity contribution in [3.63, 3.8) is 0 Å². The summed E-state index contributed by atoms with van der Waals surface area (Å²) in [7, 11) is 1.78. The maximum Gasteiger partial charge on any atom is 0.122 e. The van der Waals surface area contributed by atoms with Crippen LogP contribution in [0.1, 0.15) is 23.5 Å². The summed E-state index contributed by atoms with van der Waals surface area (Å²) in [5, 5.41) is 0. The van der Waals surface area contributed by atoms with E-state index in [2.05, 4.69) is 23.1 Å². The first-order valence-corrected chi connectivity index (χ1v) is 6.91. The number of nitrogens with zero attached hydrogens (tertiary/aromatic N) is 1. The highest BCUT2D eigenvalue weighted by Gasteiger charge is 2.38. The molecular weight excluding hydrogens is 224 g/mol. The number of rotatable bonds is 3. The second-order valence-electron chi connectivity index (χ2n) is 5.49. The Balaban J connectivity index is 1.92. The molecule has 1 aromatic rings. The van der Waals surface area contributed by atoms with E-state index in [1.807, 2.05) is 0 Å². The molecule has 1 saturated heterocycles. The van der Waals surface area contributed by atoms with Crippen LogP contribution in [0.15, 0.2) is 18.2 Å². The molecular formula is C15H22N2O. The molecule has 0 bridgehead atoms. The van der Waals surface area contributed by atoms with Gasteiger partial charge in [-0.3, -0.25) is 0 Å². The number of hydrogen-bond acceptors (Lipinski definition) is 3. The van der Waals surface area contributed by atoms with E-state index in [1.165, 1.54) is 30.5 Å². The van der Waals surface area contributed by atoms with Gasteiger partial charge in [-0.05, 0) is 30.4 Å². The zero-order valence-corrected chi connectivity index (χ0v) is 11.1. The summed E-state index contributed by atoms with van der Waals surface area (Å²) in [4.78, 5) is 2.51. The predicted octanol–water partition coefficient (Wildman–Crippen LogP) is 1.62. The van der Waals surface area contributed by atoms with Crippen LogP contribution in [0.4, 0.5) is 0 Å². The van der Waals surface area contributed by atoms with Crippen LogP contribution in [0.3, 0.4) is 0 Å². The van der Waals surface area contributed by atoms with Crippen molar-refractivity contribution in [2.45, 2.75) is 18.8 Å². The summed E-state index contributed by atoms with van der Waals surface area (Å²) in [6, 6.07) is 6.48. The minimum atomic E-state index is 0.649. The average Bonchev–Trinajstić information content (AvgIpc) is 2.81. The van der Waals surface area contributed by atoms with Crippen molar-refractivity contribution >= 4 is 0 Å². The first kappa shape index (κ1) is 12.0. The lowest BCUT2D eigenvalue weighted by Gasteiger charge is -2.28.